The van der Waals surface area contributed by atoms with Gasteiger partial charge in [0.25, 0.3) is 5.91 Å². The summed E-state index contributed by atoms with van der Waals surface area (Å²) >= 11 is 0. The standard InChI is InChI=1S/C31H44N4O6S/c1-22(2)16-31(38)35(32-30(37)21-33(5)6)27(17-24-10-8-7-9-11-24)28(36)20-34(19-23(3)4)42(39,40)26-12-13-29-25(18-26)14-15-41-29/h7-15,18,22-23,27-28,36H,16-17,19-21H2,1-6H3,(H,32,37)/t27-,28+/m0/s1. The van der Waals surface area contributed by atoms with Crippen molar-refractivity contribution in [2.24, 2.45) is 11.8 Å². The van der Waals surface area contributed by atoms with Crippen LogP contribution in [0.15, 0.2) is 70.2 Å². The van der Waals surface area contributed by atoms with Gasteiger partial charge in [0, 0.05) is 24.9 Å². The summed E-state index contributed by atoms with van der Waals surface area (Å²) in [4.78, 5) is 28.2. The summed E-state index contributed by atoms with van der Waals surface area (Å²) in [6.07, 6.45) is 0.508. The van der Waals surface area contributed by atoms with Crippen LogP contribution in [-0.2, 0) is 26.0 Å². The van der Waals surface area contributed by atoms with Crippen molar-refractivity contribution < 1.29 is 27.5 Å². The average molecular weight is 601 g/mol. The molecule has 2 aromatic carbocycles. The molecule has 0 fully saturated rings. The van der Waals surface area contributed by atoms with Crippen molar-refractivity contribution in [3.05, 3.63) is 66.4 Å². The molecule has 0 aliphatic rings. The molecule has 0 unspecified atom stereocenters. The van der Waals surface area contributed by atoms with E-state index in [0.29, 0.717) is 11.0 Å². The quantitative estimate of drug-likeness (QED) is 0.272. The maximum atomic E-state index is 13.9. The lowest BCUT2D eigenvalue weighted by molar-refractivity contribution is -0.148. The van der Waals surface area contributed by atoms with E-state index in [1.807, 2.05) is 58.0 Å². The number of furan rings is 1. The number of hydrogen-bond acceptors (Lipinski definition) is 7. The lowest BCUT2D eigenvalue weighted by Gasteiger charge is -2.37. The molecule has 3 rings (SSSR count). The zero-order chi connectivity index (χ0) is 31.0. The number of hydrazine groups is 1. The van der Waals surface area contributed by atoms with E-state index in [0.717, 1.165) is 5.56 Å². The van der Waals surface area contributed by atoms with Gasteiger partial charge in [0.1, 0.15) is 5.58 Å². The largest absolute Gasteiger partial charge is 0.464 e. The smallest absolute Gasteiger partial charge is 0.252 e. The van der Waals surface area contributed by atoms with Crippen molar-refractivity contribution in [2.45, 2.75) is 57.6 Å². The second kappa shape index (κ2) is 14.8. The minimum atomic E-state index is -4.04. The van der Waals surface area contributed by atoms with Gasteiger partial charge in [-0.2, -0.15) is 4.31 Å². The van der Waals surface area contributed by atoms with Crippen LogP contribution in [0.4, 0.5) is 0 Å². The van der Waals surface area contributed by atoms with E-state index in [1.54, 1.807) is 37.2 Å². The average Bonchev–Trinajstić information content (AvgIpc) is 3.38. The van der Waals surface area contributed by atoms with Crippen molar-refractivity contribution >= 4 is 32.8 Å². The Kier molecular flexibility index (Phi) is 11.7. The molecule has 3 aromatic rings. The monoisotopic (exact) mass is 600 g/mol. The Morgan fingerprint density at radius 1 is 0.952 bits per heavy atom. The number of benzene rings is 2. The second-order valence-electron chi connectivity index (χ2n) is 11.8. The third kappa shape index (κ3) is 9.12. The molecule has 0 saturated carbocycles. The first kappa shape index (κ1) is 33.3. The molecule has 0 aliphatic carbocycles. The summed E-state index contributed by atoms with van der Waals surface area (Å²) in [6, 6.07) is 14.7. The van der Waals surface area contributed by atoms with Crippen molar-refractivity contribution in [3.63, 3.8) is 0 Å². The topological polar surface area (TPSA) is 123 Å². The Morgan fingerprint density at radius 3 is 2.26 bits per heavy atom. The van der Waals surface area contributed by atoms with Crippen LogP contribution in [0.25, 0.3) is 11.0 Å². The molecule has 0 aliphatic heterocycles. The molecular weight excluding hydrogens is 556 g/mol. The normalized spacial score (nSPS) is 13.7. The number of nitrogens with one attached hydrogen (secondary N) is 1. The highest BCUT2D eigenvalue weighted by Gasteiger charge is 2.36. The van der Waals surface area contributed by atoms with Gasteiger partial charge in [0.05, 0.1) is 29.8 Å². The molecule has 0 spiro atoms. The predicted octanol–water partition coefficient (Wildman–Crippen LogP) is 3.52. The predicted molar refractivity (Wildman–Crippen MR) is 163 cm³/mol. The van der Waals surface area contributed by atoms with Crippen LogP contribution >= 0.6 is 0 Å². The number of aliphatic hydroxyl groups excluding tert-OH is 1. The van der Waals surface area contributed by atoms with Crippen LogP contribution < -0.4 is 5.43 Å². The Balaban J connectivity index is 2.01. The number of fused-ring (bicyclic) bond motifs is 1. The molecule has 230 valence electrons. The van der Waals surface area contributed by atoms with Crippen molar-refractivity contribution in [1.82, 2.24) is 19.6 Å². The Bertz CT molecular complexity index is 1420. The van der Waals surface area contributed by atoms with E-state index in [9.17, 15) is 23.1 Å². The molecule has 0 bridgehead atoms. The SMILES string of the molecule is CC(C)CC(=O)N(NC(=O)CN(C)C)[C@@H](Cc1ccccc1)[C@H](O)CN(CC(C)C)S(=O)(=O)c1ccc2occc2c1. The van der Waals surface area contributed by atoms with Crippen LogP contribution in [0.2, 0.25) is 0 Å². The number of rotatable bonds is 14. The first-order chi connectivity index (χ1) is 19.8. The third-order valence-corrected chi connectivity index (χ3v) is 8.47. The highest BCUT2D eigenvalue weighted by molar-refractivity contribution is 7.89. The van der Waals surface area contributed by atoms with Gasteiger partial charge in [0.15, 0.2) is 0 Å². The Hall–Kier alpha value is -3.25. The number of amides is 2. The fraction of sp³-hybridized carbons (Fsp3) is 0.484. The van der Waals surface area contributed by atoms with Crippen LogP contribution in [0.1, 0.15) is 39.7 Å². The molecule has 11 heteroatoms. The van der Waals surface area contributed by atoms with Crippen molar-refractivity contribution in [1.29, 1.82) is 0 Å². The first-order valence-electron chi connectivity index (χ1n) is 14.2. The second-order valence-corrected chi connectivity index (χ2v) is 13.7. The molecule has 2 amide bonds. The van der Waals surface area contributed by atoms with Crippen molar-refractivity contribution in [2.75, 3.05) is 33.7 Å². The van der Waals surface area contributed by atoms with Gasteiger partial charge < -0.3 is 14.4 Å². The van der Waals surface area contributed by atoms with Gasteiger partial charge in [0.2, 0.25) is 15.9 Å². The number of sulfonamides is 1. The highest BCUT2D eigenvalue weighted by Crippen LogP contribution is 2.25. The number of nitrogens with zero attached hydrogens (tertiary/aromatic N) is 3. The Morgan fingerprint density at radius 2 is 1.64 bits per heavy atom. The van der Waals surface area contributed by atoms with E-state index in [4.69, 9.17) is 4.42 Å². The van der Waals surface area contributed by atoms with Crippen LogP contribution in [0.3, 0.4) is 0 Å². The Labute approximate surface area is 249 Å². The van der Waals surface area contributed by atoms with Crippen LogP contribution in [0.5, 0.6) is 0 Å². The molecule has 2 N–H and O–H groups in total. The van der Waals surface area contributed by atoms with Gasteiger partial charge in [-0.3, -0.25) is 15.0 Å². The number of hydrogen-bond donors (Lipinski definition) is 2. The van der Waals surface area contributed by atoms with Gasteiger partial charge in [-0.25, -0.2) is 13.4 Å². The van der Waals surface area contributed by atoms with Gasteiger partial charge >= 0.3 is 0 Å². The van der Waals surface area contributed by atoms with Crippen LogP contribution in [0, 0.1) is 11.8 Å². The highest BCUT2D eigenvalue weighted by atomic mass is 32.2. The third-order valence-electron chi connectivity index (χ3n) is 6.64. The number of carbonyl (C=O) groups excluding carboxylic acids is 2. The van der Waals surface area contributed by atoms with E-state index in [-0.39, 0.29) is 55.1 Å². The zero-order valence-electron chi connectivity index (χ0n) is 25.4. The summed E-state index contributed by atoms with van der Waals surface area (Å²) in [5.41, 5.74) is 4.12. The molecule has 1 heterocycles. The molecule has 42 heavy (non-hydrogen) atoms. The molecule has 1 aromatic heterocycles. The molecular formula is C31H44N4O6S. The summed E-state index contributed by atoms with van der Waals surface area (Å²) in [6.45, 7) is 7.49. The summed E-state index contributed by atoms with van der Waals surface area (Å²) < 4.78 is 34.5. The van der Waals surface area contributed by atoms with E-state index in [2.05, 4.69) is 5.43 Å². The lowest BCUT2D eigenvalue weighted by Crippen LogP contribution is -2.60. The van der Waals surface area contributed by atoms with Gasteiger partial charge in [-0.05, 0) is 62.2 Å². The number of carbonyl (C=O) groups is 2. The maximum Gasteiger partial charge on any atom is 0.252 e. The summed E-state index contributed by atoms with van der Waals surface area (Å²) in [7, 11) is -0.553. The fourth-order valence-corrected chi connectivity index (χ4v) is 6.41. The number of likely N-dealkylation sites (N-methyl/N-ethyl adjacent to an activating group) is 1. The van der Waals surface area contributed by atoms with E-state index >= 15 is 0 Å². The van der Waals surface area contributed by atoms with Crippen LogP contribution in [-0.4, -0.2) is 85.4 Å². The molecule has 2 atom stereocenters. The van der Waals surface area contributed by atoms with Gasteiger partial charge in [-0.1, -0.05) is 58.0 Å². The number of aliphatic hydroxyl groups is 1. The van der Waals surface area contributed by atoms with Crippen molar-refractivity contribution in [3.8, 4) is 0 Å². The minimum Gasteiger partial charge on any atom is -0.464 e. The van der Waals surface area contributed by atoms with E-state index < -0.39 is 28.1 Å². The molecule has 0 radical (unpaired) electrons. The maximum absolute atomic E-state index is 13.9. The molecule has 0 saturated heterocycles. The summed E-state index contributed by atoms with van der Waals surface area (Å²) in [5, 5.41) is 13.6. The molecule has 10 nitrogen and oxygen atoms in total. The zero-order valence-corrected chi connectivity index (χ0v) is 26.2. The lowest BCUT2D eigenvalue weighted by atomic mass is 9.99. The fourth-order valence-electron chi connectivity index (χ4n) is 4.75. The first-order valence-corrected chi connectivity index (χ1v) is 15.7. The van der Waals surface area contributed by atoms with E-state index in [1.165, 1.54) is 21.6 Å². The summed E-state index contributed by atoms with van der Waals surface area (Å²) in [5.74, 6) is -0.824. The minimum absolute atomic E-state index is 0.00377. The van der Waals surface area contributed by atoms with Gasteiger partial charge in [-0.15, -0.1) is 0 Å².